The topological polar surface area (TPSA) is 83.6 Å². The fourth-order valence-electron chi connectivity index (χ4n) is 3.19. The summed E-state index contributed by atoms with van der Waals surface area (Å²) < 4.78 is 0. The molecular formula is C13H22N2O3. The highest BCUT2D eigenvalue weighted by atomic mass is 16.4. The summed E-state index contributed by atoms with van der Waals surface area (Å²) in [7, 11) is 0. The molecular weight excluding hydrogens is 232 g/mol. The second-order valence-corrected chi connectivity index (χ2v) is 6.85. The van der Waals surface area contributed by atoms with Gasteiger partial charge in [-0.1, -0.05) is 27.7 Å². The van der Waals surface area contributed by atoms with Crippen LogP contribution in [0.25, 0.3) is 0 Å². The molecule has 1 saturated carbocycles. The van der Waals surface area contributed by atoms with Crippen LogP contribution in [0.15, 0.2) is 0 Å². The van der Waals surface area contributed by atoms with Gasteiger partial charge >= 0.3 is 5.97 Å². The molecule has 1 aliphatic carbocycles. The summed E-state index contributed by atoms with van der Waals surface area (Å²) in [4.78, 5) is 25.1. The van der Waals surface area contributed by atoms with E-state index in [0.717, 1.165) is 0 Å². The Morgan fingerprint density at radius 3 is 2.06 bits per heavy atom. The maximum Gasteiger partial charge on any atom is 0.325 e. The van der Waals surface area contributed by atoms with E-state index in [2.05, 4.69) is 27.7 Å². The molecule has 5 heteroatoms. The Balaban J connectivity index is 2.09. The van der Waals surface area contributed by atoms with Gasteiger partial charge in [0.05, 0.1) is 0 Å². The van der Waals surface area contributed by atoms with Crippen molar-refractivity contribution in [3.63, 3.8) is 0 Å². The van der Waals surface area contributed by atoms with E-state index in [1.54, 1.807) is 4.90 Å². The molecule has 0 radical (unpaired) electrons. The second-order valence-electron chi connectivity index (χ2n) is 6.85. The first-order valence-corrected chi connectivity index (χ1v) is 6.35. The lowest BCUT2D eigenvalue weighted by molar-refractivity contribution is -0.143. The minimum absolute atomic E-state index is 0.0207. The molecule has 0 aromatic carbocycles. The van der Waals surface area contributed by atoms with Gasteiger partial charge in [-0.15, -0.1) is 0 Å². The highest BCUT2D eigenvalue weighted by Gasteiger charge is 2.69. The first-order valence-electron chi connectivity index (χ1n) is 6.35. The summed E-state index contributed by atoms with van der Waals surface area (Å²) in [5.74, 6) is -0.994. The molecule has 2 fully saturated rings. The number of aliphatic carboxylic acids is 1. The zero-order valence-corrected chi connectivity index (χ0v) is 11.5. The number of carbonyl (C=O) groups is 2. The van der Waals surface area contributed by atoms with Crippen molar-refractivity contribution >= 4 is 11.9 Å². The molecule has 5 nitrogen and oxygen atoms in total. The predicted octanol–water partition coefficient (Wildman–Crippen LogP) is 0.683. The highest BCUT2D eigenvalue weighted by molar-refractivity contribution is 5.87. The monoisotopic (exact) mass is 254 g/mol. The van der Waals surface area contributed by atoms with Crippen molar-refractivity contribution in [2.75, 3.05) is 13.1 Å². The number of likely N-dealkylation sites (tertiary alicyclic amines) is 1. The summed E-state index contributed by atoms with van der Waals surface area (Å²) >= 11 is 0. The maximum absolute atomic E-state index is 12.4. The summed E-state index contributed by atoms with van der Waals surface area (Å²) in [6.07, 6.45) is 0.335. The summed E-state index contributed by atoms with van der Waals surface area (Å²) in [6.45, 7) is 8.91. The molecule has 2 rings (SSSR count). The zero-order chi connectivity index (χ0) is 13.9. The fourth-order valence-corrected chi connectivity index (χ4v) is 3.19. The average Bonchev–Trinajstić information content (AvgIpc) is 2.58. The lowest BCUT2D eigenvalue weighted by atomic mass is 10.0. The third-order valence-electron chi connectivity index (χ3n) is 5.31. The molecule has 1 amide bonds. The minimum Gasteiger partial charge on any atom is -0.480 e. The van der Waals surface area contributed by atoms with Crippen LogP contribution < -0.4 is 5.73 Å². The number of nitrogens with zero attached hydrogens (tertiary/aromatic N) is 1. The quantitative estimate of drug-likeness (QED) is 0.759. The Kier molecular flexibility index (Phi) is 2.57. The molecule has 0 aromatic heterocycles. The number of rotatable bonds is 2. The van der Waals surface area contributed by atoms with E-state index in [-0.39, 0.29) is 29.2 Å². The molecule has 0 spiro atoms. The van der Waals surface area contributed by atoms with Gasteiger partial charge in [-0.25, -0.2) is 0 Å². The Bertz CT molecular complexity index is 402. The van der Waals surface area contributed by atoms with Crippen LogP contribution in [-0.2, 0) is 9.59 Å². The van der Waals surface area contributed by atoms with Crippen molar-refractivity contribution < 1.29 is 14.7 Å². The molecule has 1 heterocycles. The van der Waals surface area contributed by atoms with Crippen molar-refractivity contribution in [1.82, 2.24) is 4.90 Å². The Morgan fingerprint density at radius 2 is 1.72 bits per heavy atom. The molecule has 102 valence electrons. The van der Waals surface area contributed by atoms with Crippen LogP contribution in [0.3, 0.4) is 0 Å². The molecule has 1 aliphatic heterocycles. The smallest absolute Gasteiger partial charge is 0.325 e. The van der Waals surface area contributed by atoms with Gasteiger partial charge < -0.3 is 15.7 Å². The SMILES string of the molecule is CC1(C)C(C(=O)N2CCC(N)(C(=O)O)C2)C1(C)C. The molecule has 3 N–H and O–H groups in total. The second kappa shape index (κ2) is 3.47. The number of carbonyl (C=O) groups excluding carboxylic acids is 1. The molecule has 1 unspecified atom stereocenters. The summed E-state index contributed by atoms with van der Waals surface area (Å²) in [6, 6.07) is 0. The van der Waals surface area contributed by atoms with Crippen LogP contribution in [0.5, 0.6) is 0 Å². The van der Waals surface area contributed by atoms with Crippen LogP contribution in [-0.4, -0.2) is 40.5 Å². The Hall–Kier alpha value is -1.10. The highest BCUT2D eigenvalue weighted by Crippen LogP contribution is 2.68. The molecule has 0 bridgehead atoms. The normalized spacial score (nSPS) is 33.5. The third-order valence-corrected chi connectivity index (χ3v) is 5.31. The van der Waals surface area contributed by atoms with Gasteiger partial charge in [0, 0.05) is 19.0 Å². The van der Waals surface area contributed by atoms with Gasteiger partial charge in [-0.3, -0.25) is 9.59 Å². The van der Waals surface area contributed by atoms with Crippen molar-refractivity contribution in [3.05, 3.63) is 0 Å². The van der Waals surface area contributed by atoms with Gasteiger partial charge in [0.25, 0.3) is 0 Å². The van der Waals surface area contributed by atoms with E-state index in [1.807, 2.05) is 0 Å². The Morgan fingerprint density at radius 1 is 1.22 bits per heavy atom. The number of hydrogen-bond donors (Lipinski definition) is 2. The van der Waals surface area contributed by atoms with Gasteiger partial charge in [0.2, 0.25) is 5.91 Å². The lowest BCUT2D eigenvalue weighted by Gasteiger charge is -2.21. The standard InChI is InChI=1S/C13H22N2O3/c1-11(2)8(12(11,3)4)9(16)15-6-5-13(14,7-15)10(17)18/h8H,5-7,14H2,1-4H3,(H,17,18). The maximum atomic E-state index is 12.4. The van der Waals surface area contributed by atoms with Crippen LogP contribution in [0.1, 0.15) is 34.1 Å². The molecule has 1 atom stereocenters. The van der Waals surface area contributed by atoms with E-state index in [4.69, 9.17) is 10.8 Å². The first kappa shape index (κ1) is 13.3. The van der Waals surface area contributed by atoms with Crippen molar-refractivity contribution in [2.24, 2.45) is 22.5 Å². The molecule has 18 heavy (non-hydrogen) atoms. The van der Waals surface area contributed by atoms with Crippen molar-refractivity contribution in [1.29, 1.82) is 0 Å². The van der Waals surface area contributed by atoms with Crippen molar-refractivity contribution in [2.45, 2.75) is 39.7 Å². The molecule has 1 saturated heterocycles. The third kappa shape index (κ3) is 1.56. The minimum atomic E-state index is -1.27. The van der Waals surface area contributed by atoms with Gasteiger partial charge in [-0.2, -0.15) is 0 Å². The van der Waals surface area contributed by atoms with E-state index < -0.39 is 11.5 Å². The number of carboxylic acids is 1. The van der Waals surface area contributed by atoms with Crippen LogP contribution >= 0.6 is 0 Å². The predicted molar refractivity (Wildman–Crippen MR) is 66.8 cm³/mol. The van der Waals surface area contributed by atoms with Crippen LogP contribution in [0.4, 0.5) is 0 Å². The van der Waals surface area contributed by atoms with Gasteiger partial charge in [-0.05, 0) is 17.3 Å². The van der Waals surface area contributed by atoms with Crippen molar-refractivity contribution in [3.8, 4) is 0 Å². The van der Waals surface area contributed by atoms with Crippen LogP contribution in [0.2, 0.25) is 0 Å². The summed E-state index contributed by atoms with van der Waals surface area (Å²) in [5, 5.41) is 9.07. The summed E-state index contributed by atoms with van der Waals surface area (Å²) in [5.41, 5.74) is 4.49. The number of amides is 1. The van der Waals surface area contributed by atoms with E-state index in [1.165, 1.54) is 0 Å². The number of nitrogens with two attached hydrogens (primary N) is 1. The first-order chi connectivity index (χ1) is 8.04. The number of carboxylic acid groups (broad SMARTS) is 1. The molecule has 2 aliphatic rings. The van der Waals surface area contributed by atoms with E-state index >= 15 is 0 Å². The van der Waals surface area contributed by atoms with Gasteiger partial charge in [0.15, 0.2) is 0 Å². The largest absolute Gasteiger partial charge is 0.480 e. The van der Waals surface area contributed by atoms with E-state index in [0.29, 0.717) is 13.0 Å². The number of hydrogen-bond acceptors (Lipinski definition) is 3. The zero-order valence-electron chi connectivity index (χ0n) is 11.5. The fraction of sp³-hybridized carbons (Fsp3) is 0.846. The lowest BCUT2D eigenvalue weighted by Crippen LogP contribution is -2.50. The van der Waals surface area contributed by atoms with E-state index in [9.17, 15) is 9.59 Å². The van der Waals surface area contributed by atoms with Crippen LogP contribution in [0, 0.1) is 16.7 Å². The Labute approximate surface area is 107 Å². The molecule has 0 aromatic rings. The average molecular weight is 254 g/mol. The van der Waals surface area contributed by atoms with Gasteiger partial charge in [0.1, 0.15) is 5.54 Å².